The predicted octanol–water partition coefficient (Wildman–Crippen LogP) is 2.14. The molecule has 1 N–H and O–H groups in total. The van der Waals surface area contributed by atoms with Gasteiger partial charge in [-0.3, -0.25) is 0 Å². The number of hydrogen-bond acceptors (Lipinski definition) is 4. The molecule has 1 fully saturated rings. The molecular formula is C14H29NO3S. The molecule has 0 aliphatic heterocycles. The van der Waals surface area contributed by atoms with Crippen LogP contribution in [0.15, 0.2) is 0 Å². The molecule has 19 heavy (non-hydrogen) atoms. The second kappa shape index (κ2) is 8.93. The van der Waals surface area contributed by atoms with E-state index in [0.717, 1.165) is 32.2 Å². The van der Waals surface area contributed by atoms with Crippen molar-refractivity contribution in [2.45, 2.75) is 64.5 Å². The van der Waals surface area contributed by atoms with Crippen LogP contribution in [0.4, 0.5) is 0 Å². The minimum absolute atomic E-state index is 0.175. The maximum absolute atomic E-state index is 11.6. The number of hydrogen-bond donors (Lipinski definition) is 1. The van der Waals surface area contributed by atoms with Gasteiger partial charge in [-0.05, 0) is 45.1 Å². The molecule has 0 saturated heterocycles. The summed E-state index contributed by atoms with van der Waals surface area (Å²) in [5.74, 6) is 0.457. The Morgan fingerprint density at radius 3 is 2.32 bits per heavy atom. The molecule has 1 rings (SSSR count). The fourth-order valence-corrected chi connectivity index (χ4v) is 3.71. The predicted molar refractivity (Wildman–Crippen MR) is 79.2 cm³/mol. The first-order valence-electron chi connectivity index (χ1n) is 7.62. The Kier molecular flexibility index (Phi) is 7.95. The number of rotatable bonds is 9. The van der Waals surface area contributed by atoms with Gasteiger partial charge >= 0.3 is 0 Å². The average Bonchev–Trinajstić information content (AvgIpc) is 2.37. The molecule has 1 aliphatic carbocycles. The van der Waals surface area contributed by atoms with Crippen molar-refractivity contribution in [3.63, 3.8) is 0 Å². The van der Waals surface area contributed by atoms with Crippen LogP contribution in [0.2, 0.25) is 0 Å². The second-order valence-corrected chi connectivity index (χ2v) is 7.75. The van der Waals surface area contributed by atoms with Crippen LogP contribution >= 0.6 is 0 Å². The third-order valence-corrected chi connectivity index (χ3v) is 5.44. The van der Waals surface area contributed by atoms with Crippen molar-refractivity contribution in [1.29, 1.82) is 0 Å². The van der Waals surface area contributed by atoms with Gasteiger partial charge in [0.2, 0.25) is 0 Å². The summed E-state index contributed by atoms with van der Waals surface area (Å²) in [5, 5.41) is 3.54. The van der Waals surface area contributed by atoms with Crippen molar-refractivity contribution in [3.8, 4) is 0 Å². The summed E-state index contributed by atoms with van der Waals surface area (Å²) in [6.07, 6.45) is 6.52. The van der Waals surface area contributed by atoms with Crippen molar-refractivity contribution in [2.24, 2.45) is 0 Å². The lowest BCUT2D eigenvalue weighted by Crippen LogP contribution is -2.36. The molecule has 0 atom stereocenters. The van der Waals surface area contributed by atoms with Crippen LogP contribution < -0.4 is 5.32 Å². The van der Waals surface area contributed by atoms with E-state index in [9.17, 15) is 8.42 Å². The molecule has 1 aliphatic rings. The molecule has 114 valence electrons. The molecule has 0 spiro atoms. The Bertz CT molecular complexity index is 322. The molecule has 4 nitrogen and oxygen atoms in total. The summed E-state index contributed by atoms with van der Waals surface area (Å²) in [7, 11) is -2.89. The van der Waals surface area contributed by atoms with E-state index in [0.29, 0.717) is 19.1 Å². The van der Waals surface area contributed by atoms with E-state index in [1.807, 2.05) is 6.92 Å². The van der Waals surface area contributed by atoms with Crippen molar-refractivity contribution in [2.75, 3.05) is 24.7 Å². The number of ether oxygens (including phenoxy) is 1. The van der Waals surface area contributed by atoms with Gasteiger partial charge in [0.15, 0.2) is 9.84 Å². The summed E-state index contributed by atoms with van der Waals surface area (Å²) >= 11 is 0. The normalized spacial score (nSPS) is 24.5. The second-order valence-electron chi connectivity index (χ2n) is 5.45. The van der Waals surface area contributed by atoms with Crippen LogP contribution in [0.1, 0.15) is 52.4 Å². The van der Waals surface area contributed by atoms with Crippen LogP contribution in [-0.4, -0.2) is 45.2 Å². The molecule has 0 aromatic carbocycles. The summed E-state index contributed by atoms with van der Waals surface area (Å²) < 4.78 is 28.8. The lowest BCUT2D eigenvalue weighted by Gasteiger charge is -2.29. The summed E-state index contributed by atoms with van der Waals surface area (Å²) in [6, 6.07) is 0.628. The van der Waals surface area contributed by atoms with E-state index in [2.05, 4.69) is 12.2 Å². The van der Waals surface area contributed by atoms with Gasteiger partial charge in [-0.2, -0.15) is 0 Å². The maximum atomic E-state index is 11.6. The molecule has 0 unspecified atom stereocenters. The lowest BCUT2D eigenvalue weighted by molar-refractivity contribution is 0.0315. The van der Waals surface area contributed by atoms with E-state index in [1.165, 1.54) is 6.42 Å². The average molecular weight is 291 g/mol. The minimum Gasteiger partial charge on any atom is -0.377 e. The van der Waals surface area contributed by atoms with Gasteiger partial charge in [0.25, 0.3) is 0 Å². The Morgan fingerprint density at radius 2 is 1.74 bits per heavy atom. The van der Waals surface area contributed by atoms with E-state index >= 15 is 0 Å². The van der Waals surface area contributed by atoms with Crippen LogP contribution in [0.25, 0.3) is 0 Å². The molecular weight excluding hydrogens is 262 g/mol. The first kappa shape index (κ1) is 16.9. The van der Waals surface area contributed by atoms with Crippen molar-refractivity contribution >= 4 is 9.84 Å². The smallest absolute Gasteiger partial charge is 0.152 e. The van der Waals surface area contributed by atoms with E-state index < -0.39 is 9.84 Å². The van der Waals surface area contributed by atoms with Crippen LogP contribution in [0.3, 0.4) is 0 Å². The zero-order valence-electron chi connectivity index (χ0n) is 12.4. The molecule has 0 radical (unpaired) electrons. The highest BCUT2D eigenvalue weighted by Gasteiger charge is 2.21. The Morgan fingerprint density at radius 1 is 1.05 bits per heavy atom. The third kappa shape index (κ3) is 7.28. The zero-order chi connectivity index (χ0) is 14.1. The zero-order valence-corrected chi connectivity index (χ0v) is 13.2. The van der Waals surface area contributed by atoms with Crippen molar-refractivity contribution < 1.29 is 13.2 Å². The van der Waals surface area contributed by atoms with Gasteiger partial charge < -0.3 is 10.1 Å². The minimum atomic E-state index is -2.89. The molecule has 0 aromatic rings. The van der Waals surface area contributed by atoms with Gasteiger partial charge in [-0.15, -0.1) is 0 Å². The topological polar surface area (TPSA) is 55.4 Å². The van der Waals surface area contributed by atoms with E-state index in [4.69, 9.17) is 4.74 Å². The van der Waals surface area contributed by atoms with Crippen molar-refractivity contribution in [3.05, 3.63) is 0 Å². The van der Waals surface area contributed by atoms with Crippen LogP contribution in [-0.2, 0) is 14.6 Å². The standard InChI is InChI=1S/C14H29NO3S/c1-3-9-15-13-5-7-14(8-6-13)18-10-12-19(16,17)11-4-2/h13-15H,3-12H2,1-2H3. The highest BCUT2D eigenvalue weighted by atomic mass is 32.2. The van der Waals surface area contributed by atoms with Gasteiger partial charge in [0, 0.05) is 11.8 Å². The largest absolute Gasteiger partial charge is 0.377 e. The molecule has 1 saturated carbocycles. The highest BCUT2D eigenvalue weighted by molar-refractivity contribution is 7.91. The Balaban J connectivity index is 2.13. The van der Waals surface area contributed by atoms with Gasteiger partial charge in [0.1, 0.15) is 0 Å². The van der Waals surface area contributed by atoms with Gasteiger partial charge in [-0.25, -0.2) is 8.42 Å². The lowest BCUT2D eigenvalue weighted by atomic mass is 9.93. The van der Waals surface area contributed by atoms with Crippen LogP contribution in [0, 0.1) is 0 Å². The third-order valence-electron chi connectivity index (χ3n) is 3.62. The fourth-order valence-electron chi connectivity index (χ4n) is 2.54. The SMILES string of the molecule is CCCNC1CCC(OCCS(=O)(=O)CCC)CC1. The molecule has 0 bridgehead atoms. The summed E-state index contributed by atoms with van der Waals surface area (Å²) in [6.45, 7) is 5.52. The molecule has 0 aromatic heterocycles. The first-order valence-corrected chi connectivity index (χ1v) is 9.45. The first-order chi connectivity index (χ1) is 9.07. The Labute approximate surface area is 118 Å². The molecule has 5 heteroatoms. The highest BCUT2D eigenvalue weighted by Crippen LogP contribution is 2.21. The number of nitrogens with one attached hydrogen (secondary N) is 1. The molecule has 0 amide bonds. The monoisotopic (exact) mass is 291 g/mol. The van der Waals surface area contributed by atoms with E-state index in [-0.39, 0.29) is 17.6 Å². The molecule has 0 heterocycles. The van der Waals surface area contributed by atoms with E-state index in [1.54, 1.807) is 0 Å². The number of sulfone groups is 1. The summed E-state index contributed by atoms with van der Waals surface area (Å²) in [4.78, 5) is 0. The fraction of sp³-hybridized carbons (Fsp3) is 1.00. The van der Waals surface area contributed by atoms with Gasteiger partial charge in [0.05, 0.1) is 18.5 Å². The van der Waals surface area contributed by atoms with Crippen molar-refractivity contribution in [1.82, 2.24) is 5.32 Å². The van der Waals surface area contributed by atoms with Gasteiger partial charge in [-0.1, -0.05) is 13.8 Å². The Hall–Kier alpha value is -0.130. The quantitative estimate of drug-likeness (QED) is 0.707. The maximum Gasteiger partial charge on any atom is 0.152 e. The van der Waals surface area contributed by atoms with Crippen LogP contribution in [0.5, 0.6) is 0 Å². The summed E-state index contributed by atoms with van der Waals surface area (Å²) in [5.41, 5.74) is 0.